The van der Waals surface area contributed by atoms with E-state index in [9.17, 15) is 8.42 Å². The maximum atomic E-state index is 11.7. The molecule has 5 nitrogen and oxygen atoms in total. The zero-order valence-electron chi connectivity index (χ0n) is 9.31. The largest absolute Gasteiger partial charge is 0.392 e. The molecule has 1 aliphatic heterocycles. The summed E-state index contributed by atoms with van der Waals surface area (Å²) in [6.07, 6.45) is 1.97. The van der Waals surface area contributed by atoms with Crippen molar-refractivity contribution in [3.63, 3.8) is 0 Å². The van der Waals surface area contributed by atoms with Gasteiger partial charge in [0.1, 0.15) is 5.25 Å². The molecule has 0 radical (unpaired) electrons. The summed E-state index contributed by atoms with van der Waals surface area (Å²) in [4.78, 5) is -0.00704. The lowest BCUT2D eigenvalue weighted by molar-refractivity contribution is 0.0568. The second kappa shape index (κ2) is 5.90. The van der Waals surface area contributed by atoms with Crippen LogP contribution in [0.25, 0.3) is 0 Å². The molecular weight excluding hydrogens is 248 g/mol. The van der Waals surface area contributed by atoms with Crippen molar-refractivity contribution in [2.75, 3.05) is 19.8 Å². The van der Waals surface area contributed by atoms with Crippen LogP contribution in [-0.2, 0) is 14.8 Å². The third-order valence-electron chi connectivity index (χ3n) is 2.69. The number of nitrogens with two attached hydrogens (primary N) is 1. The van der Waals surface area contributed by atoms with Crippen LogP contribution in [0.15, 0.2) is 0 Å². The average Bonchev–Trinajstić information content (AvgIpc) is 2.27. The number of sulfonamides is 1. The van der Waals surface area contributed by atoms with Crippen LogP contribution in [0, 0.1) is 5.92 Å². The molecule has 1 aliphatic rings. The SMILES string of the molecule is CC(C(N)=S)S(=O)(=O)NCC1CCCOC1. The lowest BCUT2D eigenvalue weighted by atomic mass is 10.0. The molecule has 1 fully saturated rings. The van der Waals surface area contributed by atoms with Gasteiger partial charge in [-0.05, 0) is 25.7 Å². The Morgan fingerprint density at radius 2 is 2.38 bits per heavy atom. The van der Waals surface area contributed by atoms with Crippen molar-refractivity contribution >= 4 is 27.2 Å². The van der Waals surface area contributed by atoms with Gasteiger partial charge in [-0.1, -0.05) is 12.2 Å². The van der Waals surface area contributed by atoms with Crippen LogP contribution in [0.4, 0.5) is 0 Å². The Labute approximate surface area is 102 Å². The summed E-state index contributed by atoms with van der Waals surface area (Å²) in [5, 5.41) is -0.827. The summed E-state index contributed by atoms with van der Waals surface area (Å²) >= 11 is 4.67. The molecule has 0 bridgehead atoms. The van der Waals surface area contributed by atoms with E-state index in [0.717, 1.165) is 19.4 Å². The number of nitrogens with one attached hydrogen (secondary N) is 1. The molecule has 1 rings (SSSR count). The van der Waals surface area contributed by atoms with E-state index in [2.05, 4.69) is 16.9 Å². The van der Waals surface area contributed by atoms with Gasteiger partial charge in [0.25, 0.3) is 0 Å². The van der Waals surface area contributed by atoms with Gasteiger partial charge in [0.15, 0.2) is 0 Å². The molecule has 94 valence electrons. The summed E-state index contributed by atoms with van der Waals surface area (Å²) in [7, 11) is -3.43. The molecule has 0 aromatic rings. The fourth-order valence-corrected chi connectivity index (χ4v) is 2.88. The summed E-state index contributed by atoms with van der Waals surface area (Å²) in [5.41, 5.74) is 5.32. The van der Waals surface area contributed by atoms with E-state index < -0.39 is 15.3 Å². The molecule has 0 amide bonds. The minimum Gasteiger partial charge on any atom is -0.392 e. The third kappa shape index (κ3) is 3.97. The monoisotopic (exact) mass is 266 g/mol. The van der Waals surface area contributed by atoms with E-state index in [1.165, 1.54) is 6.92 Å². The van der Waals surface area contributed by atoms with Gasteiger partial charge in [-0.25, -0.2) is 13.1 Å². The van der Waals surface area contributed by atoms with Crippen molar-refractivity contribution in [3.05, 3.63) is 0 Å². The molecular formula is C9H18N2O3S2. The van der Waals surface area contributed by atoms with Gasteiger partial charge in [0.2, 0.25) is 10.0 Å². The first-order valence-electron chi connectivity index (χ1n) is 5.29. The molecule has 0 aliphatic carbocycles. The van der Waals surface area contributed by atoms with Gasteiger partial charge in [-0.2, -0.15) is 0 Å². The lowest BCUT2D eigenvalue weighted by Crippen LogP contribution is -2.42. The second-order valence-corrected chi connectivity index (χ2v) is 6.58. The molecule has 0 aromatic carbocycles. The first-order chi connectivity index (χ1) is 7.43. The minimum atomic E-state index is -3.43. The summed E-state index contributed by atoms with van der Waals surface area (Å²) < 4.78 is 31.2. The first kappa shape index (κ1) is 13.8. The van der Waals surface area contributed by atoms with Crippen molar-refractivity contribution in [3.8, 4) is 0 Å². The Morgan fingerprint density at radius 1 is 1.69 bits per heavy atom. The molecule has 2 unspecified atom stereocenters. The van der Waals surface area contributed by atoms with Gasteiger partial charge < -0.3 is 10.5 Å². The number of ether oxygens (including phenoxy) is 1. The highest BCUT2D eigenvalue weighted by molar-refractivity contribution is 7.93. The van der Waals surface area contributed by atoms with Crippen LogP contribution in [0.2, 0.25) is 0 Å². The zero-order valence-corrected chi connectivity index (χ0v) is 10.9. The van der Waals surface area contributed by atoms with E-state index in [0.29, 0.717) is 13.2 Å². The number of rotatable bonds is 5. The maximum Gasteiger partial charge on any atom is 0.220 e. The van der Waals surface area contributed by atoms with Crippen LogP contribution in [0.1, 0.15) is 19.8 Å². The Hall–Kier alpha value is -0.240. The molecule has 7 heteroatoms. The van der Waals surface area contributed by atoms with E-state index in [1.54, 1.807) is 0 Å². The topological polar surface area (TPSA) is 81.4 Å². The van der Waals surface area contributed by atoms with Gasteiger partial charge in [0, 0.05) is 13.2 Å². The van der Waals surface area contributed by atoms with Crippen molar-refractivity contribution in [1.29, 1.82) is 0 Å². The van der Waals surface area contributed by atoms with Gasteiger partial charge in [0.05, 0.1) is 11.6 Å². The fourth-order valence-electron chi connectivity index (χ4n) is 1.48. The predicted octanol–water partition coefficient (Wildman–Crippen LogP) is 0.00700. The van der Waals surface area contributed by atoms with Crippen molar-refractivity contribution in [2.24, 2.45) is 11.7 Å². The van der Waals surface area contributed by atoms with E-state index >= 15 is 0 Å². The smallest absolute Gasteiger partial charge is 0.220 e. The van der Waals surface area contributed by atoms with Crippen LogP contribution < -0.4 is 10.5 Å². The third-order valence-corrected chi connectivity index (χ3v) is 4.95. The normalized spacial score (nSPS) is 23.9. The predicted molar refractivity (Wildman–Crippen MR) is 66.7 cm³/mol. The highest BCUT2D eigenvalue weighted by Gasteiger charge is 2.24. The molecule has 2 atom stereocenters. The quantitative estimate of drug-likeness (QED) is 0.685. The lowest BCUT2D eigenvalue weighted by Gasteiger charge is -2.23. The Bertz CT molecular complexity index is 337. The zero-order chi connectivity index (χ0) is 12.2. The average molecular weight is 266 g/mol. The number of thiocarbonyl (C=S) groups is 1. The fraction of sp³-hybridized carbons (Fsp3) is 0.889. The summed E-state index contributed by atoms with van der Waals surface area (Å²) in [5.74, 6) is 0.252. The van der Waals surface area contributed by atoms with E-state index in [1.807, 2.05) is 0 Å². The highest BCUT2D eigenvalue weighted by atomic mass is 32.2. The Kier molecular flexibility index (Phi) is 5.10. The molecule has 1 saturated heterocycles. The highest BCUT2D eigenvalue weighted by Crippen LogP contribution is 2.13. The van der Waals surface area contributed by atoms with Crippen LogP contribution in [-0.4, -0.2) is 38.4 Å². The van der Waals surface area contributed by atoms with Crippen LogP contribution in [0.5, 0.6) is 0 Å². The van der Waals surface area contributed by atoms with E-state index in [-0.39, 0.29) is 10.9 Å². The van der Waals surface area contributed by atoms with Crippen molar-refractivity contribution in [1.82, 2.24) is 4.72 Å². The molecule has 0 aromatic heterocycles. The number of hydrogen-bond acceptors (Lipinski definition) is 4. The molecule has 16 heavy (non-hydrogen) atoms. The van der Waals surface area contributed by atoms with E-state index in [4.69, 9.17) is 10.5 Å². The summed E-state index contributed by atoms with van der Waals surface area (Å²) in [6.45, 7) is 3.27. The first-order valence-corrected chi connectivity index (χ1v) is 7.24. The summed E-state index contributed by atoms with van der Waals surface area (Å²) in [6, 6.07) is 0. The van der Waals surface area contributed by atoms with Gasteiger partial charge >= 0.3 is 0 Å². The van der Waals surface area contributed by atoms with Gasteiger partial charge in [-0.15, -0.1) is 0 Å². The van der Waals surface area contributed by atoms with Crippen LogP contribution in [0.3, 0.4) is 0 Å². The minimum absolute atomic E-state index is 0.00704. The maximum absolute atomic E-state index is 11.7. The number of hydrogen-bond donors (Lipinski definition) is 2. The van der Waals surface area contributed by atoms with Gasteiger partial charge in [-0.3, -0.25) is 0 Å². The Morgan fingerprint density at radius 3 is 2.88 bits per heavy atom. The standard InChI is InChI=1S/C9H18N2O3S2/c1-7(9(10)15)16(12,13)11-5-8-3-2-4-14-6-8/h7-8,11H,2-6H2,1H3,(H2,10,15). The van der Waals surface area contributed by atoms with Crippen molar-refractivity contribution in [2.45, 2.75) is 25.0 Å². The van der Waals surface area contributed by atoms with Crippen LogP contribution >= 0.6 is 12.2 Å². The molecule has 0 saturated carbocycles. The van der Waals surface area contributed by atoms with Crippen molar-refractivity contribution < 1.29 is 13.2 Å². The molecule has 3 N–H and O–H groups in total. The molecule has 1 heterocycles. The molecule has 0 spiro atoms. The Balaban J connectivity index is 2.44. The second-order valence-electron chi connectivity index (χ2n) is 4.02.